The molecule has 0 radical (unpaired) electrons. The van der Waals surface area contributed by atoms with Crippen LogP contribution < -0.4 is 0 Å². The Balaban J connectivity index is 3.35. The van der Waals surface area contributed by atoms with E-state index in [1.807, 2.05) is 0 Å². The molecule has 562 valence electrons. The topological polar surface area (TPSA) is 72.8 Å². The van der Waals surface area contributed by atoms with Crippen LogP contribution in [0.25, 0.3) is 0 Å². The lowest BCUT2D eigenvalue weighted by atomic mass is 10.0. The van der Waals surface area contributed by atoms with Gasteiger partial charge in [-0.05, 0) is 83.5 Å². The Morgan fingerprint density at radius 3 is 0.688 bits per heavy atom. The van der Waals surface area contributed by atoms with Crippen molar-refractivity contribution >= 4 is 11.9 Å². The third-order valence-electron chi connectivity index (χ3n) is 20.0. The van der Waals surface area contributed by atoms with Crippen LogP contribution in [0.1, 0.15) is 476 Å². The van der Waals surface area contributed by atoms with Crippen LogP contribution in [0.4, 0.5) is 0 Å². The first-order valence-electron chi connectivity index (χ1n) is 43.5. The first-order chi connectivity index (χ1) is 47.6. The number of hydrogen-bond acceptors (Lipinski definition) is 5. The summed E-state index contributed by atoms with van der Waals surface area (Å²) < 4.78 is 10.8. The first kappa shape index (κ1) is 93.3. The van der Waals surface area contributed by atoms with Gasteiger partial charge in [-0.3, -0.25) is 9.59 Å². The zero-order valence-corrected chi connectivity index (χ0v) is 64.9. The Labute approximate surface area is 601 Å². The van der Waals surface area contributed by atoms with Crippen molar-refractivity contribution in [2.75, 3.05) is 13.2 Å². The number of rotatable bonds is 82. The summed E-state index contributed by atoms with van der Waals surface area (Å²) in [5, 5.41) is 9.75. The van der Waals surface area contributed by atoms with E-state index in [0.717, 1.165) is 64.2 Å². The molecule has 96 heavy (non-hydrogen) atoms. The summed E-state index contributed by atoms with van der Waals surface area (Å²) in [5.74, 6) is -0.562. The lowest BCUT2D eigenvalue weighted by molar-refractivity contribution is -0.161. The molecule has 0 aromatic heterocycles. The molecule has 1 N–H and O–H groups in total. The quantitative estimate of drug-likeness (QED) is 0.0373. The molecule has 0 aliphatic rings. The molecular weight excluding hydrogens is 1170 g/mol. The van der Waals surface area contributed by atoms with Crippen molar-refractivity contribution in [2.24, 2.45) is 0 Å². The minimum atomic E-state index is -0.772. The van der Waals surface area contributed by atoms with Gasteiger partial charge < -0.3 is 14.6 Å². The fourth-order valence-electron chi connectivity index (χ4n) is 13.5. The molecule has 0 spiro atoms. The summed E-state index contributed by atoms with van der Waals surface area (Å²) in [7, 11) is 0. The summed E-state index contributed by atoms with van der Waals surface area (Å²) in [6.45, 7) is 4.09. The van der Waals surface area contributed by atoms with Crippen LogP contribution in [-0.2, 0) is 19.1 Å². The Hall–Kier alpha value is -2.66. The number of carbonyl (C=O) groups is 2. The summed E-state index contributed by atoms with van der Waals surface area (Å²) >= 11 is 0. The molecule has 0 aliphatic carbocycles. The largest absolute Gasteiger partial charge is 0.462 e. The minimum Gasteiger partial charge on any atom is -0.462 e. The fourth-order valence-corrected chi connectivity index (χ4v) is 13.5. The van der Waals surface area contributed by atoms with Gasteiger partial charge in [0.25, 0.3) is 0 Å². The van der Waals surface area contributed by atoms with E-state index in [4.69, 9.17) is 9.47 Å². The molecule has 5 heteroatoms. The van der Waals surface area contributed by atoms with Gasteiger partial charge in [-0.1, -0.05) is 453 Å². The van der Waals surface area contributed by atoms with Crippen LogP contribution in [0, 0.1) is 0 Å². The minimum absolute atomic E-state index is 0.0592. The van der Waals surface area contributed by atoms with Crippen molar-refractivity contribution in [3.63, 3.8) is 0 Å². The van der Waals surface area contributed by atoms with Crippen LogP contribution in [0.2, 0.25) is 0 Å². The summed E-state index contributed by atoms with van der Waals surface area (Å²) in [4.78, 5) is 24.8. The van der Waals surface area contributed by atoms with E-state index in [0.29, 0.717) is 12.8 Å². The third kappa shape index (κ3) is 83.8. The van der Waals surface area contributed by atoms with Gasteiger partial charge in [0.2, 0.25) is 0 Å². The maximum absolute atomic E-state index is 12.4. The highest BCUT2D eigenvalue weighted by molar-refractivity contribution is 5.70. The first-order valence-corrected chi connectivity index (χ1v) is 43.5. The fraction of sp³-hybridized carbons (Fsp3) is 0.846. The highest BCUT2D eigenvalue weighted by Gasteiger charge is 2.16. The average Bonchev–Trinajstić information content (AvgIpc) is 3.79. The zero-order valence-electron chi connectivity index (χ0n) is 64.9. The number of hydrogen-bond donors (Lipinski definition) is 1. The van der Waals surface area contributed by atoms with Gasteiger partial charge >= 0.3 is 11.9 Å². The van der Waals surface area contributed by atoms with E-state index in [2.05, 4.69) is 86.8 Å². The van der Waals surface area contributed by atoms with E-state index < -0.39 is 6.10 Å². The lowest BCUT2D eigenvalue weighted by Crippen LogP contribution is -2.28. The standard InChI is InChI=1S/C91H168O5/c1-3-5-7-9-11-13-15-17-19-21-23-25-27-29-31-33-35-37-39-41-43-45-47-49-51-53-55-57-59-61-63-65-67-69-71-73-75-77-79-81-83-85-90(93)95-88-89(87-92)96-91(94)86-84-82-80-78-76-74-72-70-68-66-64-62-60-58-56-54-52-50-48-46-44-42-40-38-36-34-32-30-28-26-24-22-20-18-16-14-12-10-8-6-4-2/h6,8,12,14,18,20-21,23-24,26,30,32,89,92H,3-5,7,9-11,13,15-17,19,22,25,27-29,31,33-88H2,1-2H3/b8-6-,14-12-,20-18-,23-21-,26-24-,32-30-. The number of ether oxygens (including phenoxy) is 2. The predicted octanol–water partition coefficient (Wildman–Crippen LogP) is 30.9. The SMILES string of the molecule is CC/C=C\C/C=C\C/C=C\C/C=C\C/C=C\CCCCCCCCCCCCCCCCCCCCCCCCCCCC(=O)OC(CO)COC(=O)CCCCCCCCCCCCCCCCCCCCCCCCCCCCCCC/C=C\CCCCCCCCCC. The highest BCUT2D eigenvalue weighted by Crippen LogP contribution is 2.21. The monoisotopic (exact) mass is 1340 g/mol. The van der Waals surface area contributed by atoms with Crippen LogP contribution in [0.15, 0.2) is 72.9 Å². The van der Waals surface area contributed by atoms with Crippen molar-refractivity contribution < 1.29 is 24.2 Å². The number of aliphatic hydroxyl groups is 1. The van der Waals surface area contributed by atoms with Gasteiger partial charge in [-0.2, -0.15) is 0 Å². The number of carbonyl (C=O) groups excluding carboxylic acids is 2. The van der Waals surface area contributed by atoms with Crippen molar-refractivity contribution in [3.8, 4) is 0 Å². The highest BCUT2D eigenvalue weighted by atomic mass is 16.6. The van der Waals surface area contributed by atoms with Crippen LogP contribution >= 0.6 is 0 Å². The molecule has 0 aliphatic heterocycles. The smallest absolute Gasteiger partial charge is 0.306 e. The predicted molar refractivity (Wildman–Crippen MR) is 427 cm³/mol. The Morgan fingerprint density at radius 1 is 0.250 bits per heavy atom. The molecule has 0 saturated heterocycles. The van der Waals surface area contributed by atoms with E-state index in [-0.39, 0.29) is 25.2 Å². The molecule has 0 heterocycles. The summed E-state index contributed by atoms with van der Waals surface area (Å²) in [6.07, 6.45) is 122. The van der Waals surface area contributed by atoms with Crippen LogP contribution in [0.3, 0.4) is 0 Å². The second-order valence-corrected chi connectivity index (χ2v) is 29.6. The Morgan fingerprint density at radius 2 is 0.448 bits per heavy atom. The Kier molecular flexibility index (Phi) is 84.2. The average molecular weight is 1340 g/mol. The van der Waals surface area contributed by atoms with Gasteiger partial charge in [-0.15, -0.1) is 0 Å². The van der Waals surface area contributed by atoms with Crippen molar-refractivity contribution in [2.45, 2.75) is 482 Å². The summed E-state index contributed by atoms with van der Waals surface area (Å²) in [5.41, 5.74) is 0. The van der Waals surface area contributed by atoms with Crippen molar-refractivity contribution in [1.82, 2.24) is 0 Å². The summed E-state index contributed by atoms with van der Waals surface area (Å²) in [6, 6.07) is 0. The normalized spacial score (nSPS) is 12.5. The van der Waals surface area contributed by atoms with E-state index >= 15 is 0 Å². The Bertz CT molecular complexity index is 1670. The molecule has 0 rings (SSSR count). The van der Waals surface area contributed by atoms with Crippen LogP contribution in [-0.4, -0.2) is 36.4 Å². The van der Waals surface area contributed by atoms with Crippen LogP contribution in [0.5, 0.6) is 0 Å². The maximum Gasteiger partial charge on any atom is 0.306 e. The number of aliphatic hydroxyl groups excluding tert-OH is 1. The van der Waals surface area contributed by atoms with Gasteiger partial charge in [-0.25, -0.2) is 0 Å². The molecular formula is C91H168O5. The molecule has 0 amide bonds. The van der Waals surface area contributed by atoms with Gasteiger partial charge in [0, 0.05) is 12.8 Å². The van der Waals surface area contributed by atoms with Gasteiger partial charge in [0.05, 0.1) is 6.61 Å². The number of esters is 2. The molecule has 1 atom stereocenters. The molecule has 0 aromatic carbocycles. The van der Waals surface area contributed by atoms with Crippen molar-refractivity contribution in [1.29, 1.82) is 0 Å². The van der Waals surface area contributed by atoms with Crippen molar-refractivity contribution in [3.05, 3.63) is 72.9 Å². The van der Waals surface area contributed by atoms with E-state index in [1.165, 1.54) is 385 Å². The number of unbranched alkanes of at least 4 members (excludes halogenated alkanes) is 62. The molecule has 1 unspecified atom stereocenters. The lowest BCUT2D eigenvalue weighted by Gasteiger charge is -2.15. The third-order valence-corrected chi connectivity index (χ3v) is 20.0. The molecule has 0 bridgehead atoms. The number of allylic oxidation sites excluding steroid dienone is 12. The maximum atomic E-state index is 12.4. The van der Waals surface area contributed by atoms with Gasteiger partial charge in [0.15, 0.2) is 6.10 Å². The molecule has 0 fully saturated rings. The van der Waals surface area contributed by atoms with Gasteiger partial charge in [0.1, 0.15) is 6.61 Å². The zero-order chi connectivity index (χ0) is 69.0. The second kappa shape index (κ2) is 86.6. The molecule has 0 aromatic rings. The second-order valence-electron chi connectivity index (χ2n) is 29.6. The molecule has 5 nitrogen and oxygen atoms in total. The van der Waals surface area contributed by atoms with E-state index in [1.54, 1.807) is 0 Å². The molecule has 0 saturated carbocycles. The van der Waals surface area contributed by atoms with E-state index in [9.17, 15) is 14.7 Å².